The Morgan fingerprint density at radius 1 is 0.900 bits per heavy atom. The quantitative estimate of drug-likeness (QED) is 0.197. The molecule has 1 heterocycles. The average molecular weight is 605 g/mol. The third kappa shape index (κ3) is 7.24. The predicted octanol–water partition coefficient (Wildman–Crippen LogP) is 6.06. The van der Waals surface area contributed by atoms with Gasteiger partial charge in [0.05, 0.1) is 15.1 Å². The van der Waals surface area contributed by atoms with Crippen LogP contribution >= 0.6 is 23.7 Å². The molecule has 0 aliphatic heterocycles. The van der Waals surface area contributed by atoms with Crippen molar-refractivity contribution in [1.82, 2.24) is 14.2 Å². The summed E-state index contributed by atoms with van der Waals surface area (Å²) in [6.07, 6.45) is 0. The van der Waals surface area contributed by atoms with E-state index < -0.39 is 10.0 Å². The maximum Gasteiger partial charge on any atom is 0.260 e. The van der Waals surface area contributed by atoms with E-state index in [2.05, 4.69) is 23.7 Å². The Labute approximate surface area is 245 Å². The lowest BCUT2D eigenvalue weighted by molar-refractivity contribution is 0.0983. The number of aromatic nitrogens is 1. The first-order valence-corrected chi connectivity index (χ1v) is 15.3. The second-order valence-electron chi connectivity index (χ2n) is 9.03. The van der Waals surface area contributed by atoms with Gasteiger partial charge in [-0.25, -0.2) is 17.8 Å². The minimum absolute atomic E-state index is 0. The molecule has 7 nitrogen and oxygen atoms in total. The van der Waals surface area contributed by atoms with Crippen LogP contribution in [0, 0.1) is 5.82 Å². The number of carbonyl (C=O) groups excluding carboxylic acids is 1. The van der Waals surface area contributed by atoms with Gasteiger partial charge in [-0.1, -0.05) is 62.4 Å². The lowest BCUT2D eigenvalue weighted by Crippen LogP contribution is -2.39. The van der Waals surface area contributed by atoms with Gasteiger partial charge in [-0.05, 0) is 61.1 Å². The molecule has 0 saturated carbocycles. The number of halogens is 2. The van der Waals surface area contributed by atoms with Crippen molar-refractivity contribution in [2.24, 2.45) is 0 Å². The summed E-state index contributed by atoms with van der Waals surface area (Å²) in [7, 11) is -3.76. The highest BCUT2D eigenvalue weighted by Gasteiger charge is 2.26. The van der Waals surface area contributed by atoms with Crippen molar-refractivity contribution in [1.29, 1.82) is 0 Å². The lowest BCUT2D eigenvalue weighted by Gasteiger charge is -2.25. The largest absolute Gasteiger partial charge is 0.302 e. The second-order valence-corrected chi connectivity index (χ2v) is 12.0. The molecule has 0 saturated heterocycles. The van der Waals surface area contributed by atoms with Gasteiger partial charge in [-0.15, -0.1) is 12.4 Å². The summed E-state index contributed by atoms with van der Waals surface area (Å²) in [5.41, 5.74) is 1.87. The Hall–Kier alpha value is -2.89. The third-order valence-electron chi connectivity index (χ3n) is 6.64. The van der Waals surface area contributed by atoms with Gasteiger partial charge in [0.25, 0.3) is 5.91 Å². The van der Waals surface area contributed by atoms with Crippen LogP contribution in [0.3, 0.4) is 0 Å². The molecule has 0 bridgehead atoms. The predicted molar refractivity (Wildman–Crippen MR) is 162 cm³/mol. The first-order valence-electron chi connectivity index (χ1n) is 13.0. The van der Waals surface area contributed by atoms with E-state index in [-0.39, 0.29) is 35.6 Å². The summed E-state index contributed by atoms with van der Waals surface area (Å²) in [5.74, 6) is -0.647. The zero-order valence-corrected chi connectivity index (χ0v) is 25.2. The number of anilines is 1. The molecule has 3 aromatic carbocycles. The van der Waals surface area contributed by atoms with Gasteiger partial charge < -0.3 is 4.90 Å². The van der Waals surface area contributed by atoms with E-state index in [0.29, 0.717) is 40.5 Å². The number of rotatable bonds is 12. The molecule has 40 heavy (non-hydrogen) atoms. The summed E-state index contributed by atoms with van der Waals surface area (Å²) in [6, 6.07) is 19.8. The highest BCUT2D eigenvalue weighted by Crippen LogP contribution is 2.30. The van der Waals surface area contributed by atoms with Gasteiger partial charge in [0.15, 0.2) is 5.13 Å². The molecule has 0 unspecified atom stereocenters. The minimum Gasteiger partial charge on any atom is -0.302 e. The molecule has 0 N–H and O–H groups in total. The number of hydrogen-bond acceptors (Lipinski definition) is 6. The van der Waals surface area contributed by atoms with Crippen LogP contribution in [0.5, 0.6) is 0 Å². The Kier molecular flexibility index (Phi) is 11.2. The Morgan fingerprint density at radius 3 is 2.20 bits per heavy atom. The number of benzene rings is 3. The van der Waals surface area contributed by atoms with Crippen LogP contribution in [-0.4, -0.2) is 61.2 Å². The van der Waals surface area contributed by atoms with E-state index in [1.807, 2.05) is 30.3 Å². The zero-order chi connectivity index (χ0) is 28.0. The van der Waals surface area contributed by atoms with Crippen LogP contribution in [0.2, 0.25) is 0 Å². The van der Waals surface area contributed by atoms with Crippen LogP contribution in [-0.2, 0) is 16.6 Å². The second kappa shape index (κ2) is 14.1. The van der Waals surface area contributed by atoms with Crippen LogP contribution < -0.4 is 4.90 Å². The monoisotopic (exact) mass is 604 g/mol. The fourth-order valence-corrected chi connectivity index (χ4v) is 6.75. The summed E-state index contributed by atoms with van der Waals surface area (Å²) in [4.78, 5) is 22.2. The fraction of sp³-hybridized carbons (Fsp3) is 0.310. The summed E-state index contributed by atoms with van der Waals surface area (Å²) in [6.45, 7) is 9.21. The number of hydrogen-bond donors (Lipinski definition) is 0. The molecule has 11 heteroatoms. The zero-order valence-electron chi connectivity index (χ0n) is 22.8. The van der Waals surface area contributed by atoms with Gasteiger partial charge in [-0.3, -0.25) is 9.69 Å². The standard InChI is InChI=1S/C29H33FN4O3S2.ClH/c1-4-32(5-2)18-19-34(29-31-26-17-14-24(30)20-27(26)38-29)28(35)23-12-15-25(16-13-23)39(36,37)33(6-3)21-22-10-8-7-9-11-22;/h7-17,20H,4-6,18-19,21H2,1-3H3;1H. The maximum atomic E-state index is 13.8. The molecular formula is C29H34ClFN4O3S2. The highest BCUT2D eigenvalue weighted by molar-refractivity contribution is 7.89. The molecular weight excluding hydrogens is 571 g/mol. The number of fused-ring (bicyclic) bond motifs is 1. The van der Waals surface area contributed by atoms with E-state index in [4.69, 9.17) is 0 Å². The molecule has 0 spiro atoms. The van der Waals surface area contributed by atoms with Crippen molar-refractivity contribution in [3.05, 3.63) is 89.7 Å². The molecule has 214 valence electrons. The first kappa shape index (κ1) is 31.6. The number of sulfonamides is 1. The van der Waals surface area contributed by atoms with Gasteiger partial charge in [0, 0.05) is 31.7 Å². The van der Waals surface area contributed by atoms with Gasteiger partial charge in [0.2, 0.25) is 10.0 Å². The van der Waals surface area contributed by atoms with E-state index in [9.17, 15) is 17.6 Å². The van der Waals surface area contributed by atoms with Gasteiger partial charge >= 0.3 is 0 Å². The van der Waals surface area contributed by atoms with E-state index in [1.165, 1.54) is 39.9 Å². The topological polar surface area (TPSA) is 73.8 Å². The van der Waals surface area contributed by atoms with Crippen LogP contribution in [0.1, 0.15) is 36.7 Å². The lowest BCUT2D eigenvalue weighted by atomic mass is 10.2. The maximum absolute atomic E-state index is 13.8. The molecule has 0 radical (unpaired) electrons. The van der Waals surface area contributed by atoms with Gasteiger partial charge in [-0.2, -0.15) is 4.31 Å². The van der Waals surface area contributed by atoms with Crippen molar-refractivity contribution in [2.75, 3.05) is 37.6 Å². The number of likely N-dealkylation sites (N-methyl/N-ethyl adjacent to an activating group) is 1. The summed E-state index contributed by atoms with van der Waals surface area (Å²) in [5, 5.41) is 0.476. The summed E-state index contributed by atoms with van der Waals surface area (Å²) >= 11 is 1.26. The normalized spacial score (nSPS) is 11.7. The van der Waals surface area contributed by atoms with Crippen molar-refractivity contribution in [2.45, 2.75) is 32.2 Å². The Morgan fingerprint density at radius 2 is 1.57 bits per heavy atom. The molecule has 0 aliphatic carbocycles. The van der Waals surface area contributed by atoms with Crippen molar-refractivity contribution >= 4 is 55.0 Å². The smallest absolute Gasteiger partial charge is 0.260 e. The van der Waals surface area contributed by atoms with Crippen LogP contribution in [0.25, 0.3) is 10.2 Å². The fourth-order valence-electron chi connectivity index (χ4n) is 4.30. The third-order valence-corrected chi connectivity index (χ3v) is 9.62. The first-order chi connectivity index (χ1) is 18.8. The van der Waals surface area contributed by atoms with Crippen molar-refractivity contribution < 1.29 is 17.6 Å². The molecule has 0 atom stereocenters. The molecule has 0 aliphatic rings. The van der Waals surface area contributed by atoms with Gasteiger partial charge in [0.1, 0.15) is 5.82 Å². The number of amides is 1. The van der Waals surface area contributed by atoms with Crippen LogP contribution in [0.15, 0.2) is 77.7 Å². The molecule has 1 amide bonds. The molecule has 1 aromatic heterocycles. The minimum atomic E-state index is -3.76. The highest BCUT2D eigenvalue weighted by atomic mass is 35.5. The van der Waals surface area contributed by atoms with E-state index >= 15 is 0 Å². The van der Waals surface area contributed by atoms with Crippen molar-refractivity contribution in [3.63, 3.8) is 0 Å². The summed E-state index contributed by atoms with van der Waals surface area (Å²) < 4.78 is 42.6. The number of carbonyl (C=O) groups is 1. The molecule has 4 rings (SSSR count). The molecule has 4 aromatic rings. The number of thiazole rings is 1. The van der Waals surface area contributed by atoms with Crippen LogP contribution in [0.4, 0.5) is 9.52 Å². The van der Waals surface area contributed by atoms with E-state index in [1.54, 1.807) is 30.0 Å². The Balaban J connectivity index is 0.00000441. The SMILES string of the molecule is CCN(CC)CCN(C(=O)c1ccc(S(=O)(=O)N(CC)Cc2ccccc2)cc1)c1nc2ccc(F)cc2s1.Cl. The van der Waals surface area contributed by atoms with Crippen molar-refractivity contribution in [3.8, 4) is 0 Å². The molecule has 0 fully saturated rings. The van der Waals surface area contributed by atoms with E-state index in [0.717, 1.165) is 18.7 Å². The average Bonchev–Trinajstić information content (AvgIpc) is 3.37. The number of nitrogens with zero attached hydrogens (tertiary/aromatic N) is 4. The Bertz CT molecular complexity index is 1510.